The standard InChI is InChI=1S/C20H23N5S/c1-13-10-15(25(2)3)9-8-14(13)11-23-24-19-18-16-6-4-5-7-17(16)26-20(18)22-12-21-19/h8-12H,4-7H2,1-3H3,(H,21,22,24)/b23-11+. The smallest absolute Gasteiger partial charge is 0.158 e. The molecule has 0 atom stereocenters. The lowest BCUT2D eigenvalue weighted by Gasteiger charge is -2.13. The second-order valence-electron chi connectivity index (χ2n) is 6.92. The van der Waals surface area contributed by atoms with Crippen molar-refractivity contribution in [3.8, 4) is 0 Å². The molecule has 5 nitrogen and oxygen atoms in total. The Bertz CT molecular complexity index is 974. The van der Waals surface area contributed by atoms with Crippen LogP contribution in [0.3, 0.4) is 0 Å². The highest BCUT2D eigenvalue weighted by Crippen LogP contribution is 2.38. The Morgan fingerprint density at radius 2 is 2.04 bits per heavy atom. The predicted octanol–water partition coefficient (Wildman–Crippen LogP) is 4.39. The molecule has 0 aliphatic heterocycles. The van der Waals surface area contributed by atoms with Crippen LogP contribution in [0.2, 0.25) is 0 Å². The van der Waals surface area contributed by atoms with Gasteiger partial charge in [-0.15, -0.1) is 11.3 Å². The molecule has 1 aromatic carbocycles. The molecule has 134 valence electrons. The second kappa shape index (κ2) is 7.03. The number of nitrogens with zero attached hydrogens (tertiary/aromatic N) is 4. The predicted molar refractivity (Wildman–Crippen MR) is 111 cm³/mol. The highest BCUT2D eigenvalue weighted by Gasteiger charge is 2.19. The number of thiophene rings is 1. The molecule has 1 aliphatic carbocycles. The summed E-state index contributed by atoms with van der Waals surface area (Å²) in [5, 5.41) is 5.61. The van der Waals surface area contributed by atoms with E-state index in [9.17, 15) is 0 Å². The molecule has 2 aromatic heterocycles. The third-order valence-electron chi connectivity index (χ3n) is 4.90. The molecule has 0 saturated heterocycles. The minimum Gasteiger partial charge on any atom is -0.378 e. The van der Waals surface area contributed by atoms with Crippen LogP contribution in [0.4, 0.5) is 11.5 Å². The summed E-state index contributed by atoms with van der Waals surface area (Å²) in [6.45, 7) is 2.10. The molecule has 1 aliphatic rings. The van der Waals surface area contributed by atoms with E-state index in [0.29, 0.717) is 0 Å². The van der Waals surface area contributed by atoms with E-state index < -0.39 is 0 Å². The quantitative estimate of drug-likeness (QED) is 0.550. The summed E-state index contributed by atoms with van der Waals surface area (Å²) < 4.78 is 0. The van der Waals surface area contributed by atoms with Crippen LogP contribution in [0.1, 0.15) is 34.4 Å². The van der Waals surface area contributed by atoms with Gasteiger partial charge in [-0.3, -0.25) is 5.43 Å². The van der Waals surface area contributed by atoms with Crippen LogP contribution in [0.25, 0.3) is 10.2 Å². The van der Waals surface area contributed by atoms with Crippen molar-refractivity contribution in [3.63, 3.8) is 0 Å². The number of benzene rings is 1. The van der Waals surface area contributed by atoms with Crippen LogP contribution in [0.5, 0.6) is 0 Å². The Labute approximate surface area is 157 Å². The molecule has 0 saturated carbocycles. The largest absolute Gasteiger partial charge is 0.378 e. The molecule has 3 aromatic rings. The van der Waals surface area contributed by atoms with Gasteiger partial charge in [0.15, 0.2) is 5.82 Å². The Morgan fingerprint density at radius 1 is 1.19 bits per heavy atom. The van der Waals surface area contributed by atoms with Gasteiger partial charge in [-0.2, -0.15) is 5.10 Å². The monoisotopic (exact) mass is 365 g/mol. The molecule has 0 radical (unpaired) electrons. The summed E-state index contributed by atoms with van der Waals surface area (Å²) in [6, 6.07) is 6.36. The highest BCUT2D eigenvalue weighted by molar-refractivity contribution is 7.19. The molecule has 0 unspecified atom stereocenters. The van der Waals surface area contributed by atoms with E-state index in [0.717, 1.165) is 34.4 Å². The molecule has 0 fully saturated rings. The molecule has 1 N–H and O–H groups in total. The number of hydrogen-bond donors (Lipinski definition) is 1. The lowest BCUT2D eigenvalue weighted by atomic mass is 9.97. The molecule has 4 rings (SSSR count). The number of hydrazone groups is 1. The molecule has 0 amide bonds. The van der Waals surface area contributed by atoms with E-state index in [1.807, 2.05) is 20.3 Å². The van der Waals surface area contributed by atoms with Gasteiger partial charge >= 0.3 is 0 Å². The minimum atomic E-state index is 0.813. The fraction of sp³-hybridized carbons (Fsp3) is 0.350. The first-order chi connectivity index (χ1) is 12.6. The van der Waals surface area contributed by atoms with Gasteiger partial charge in [0.25, 0.3) is 0 Å². The average molecular weight is 366 g/mol. The van der Waals surface area contributed by atoms with Crippen LogP contribution in [0.15, 0.2) is 29.6 Å². The van der Waals surface area contributed by atoms with Gasteiger partial charge in [-0.05, 0) is 61.4 Å². The van der Waals surface area contributed by atoms with E-state index >= 15 is 0 Å². The fourth-order valence-electron chi connectivity index (χ4n) is 3.42. The van der Waals surface area contributed by atoms with Crippen LogP contribution < -0.4 is 10.3 Å². The number of aryl methyl sites for hydroxylation is 3. The van der Waals surface area contributed by atoms with Gasteiger partial charge < -0.3 is 4.90 Å². The lowest BCUT2D eigenvalue weighted by molar-refractivity contribution is 0.700. The van der Waals surface area contributed by atoms with Gasteiger partial charge in [0, 0.05) is 24.7 Å². The van der Waals surface area contributed by atoms with Crippen molar-refractivity contribution in [3.05, 3.63) is 46.1 Å². The number of rotatable bonds is 4. The lowest BCUT2D eigenvalue weighted by Crippen LogP contribution is -2.09. The van der Waals surface area contributed by atoms with Gasteiger partial charge in [0.05, 0.1) is 11.6 Å². The van der Waals surface area contributed by atoms with Crippen molar-refractivity contribution >= 4 is 39.3 Å². The summed E-state index contributed by atoms with van der Waals surface area (Å²) in [5.41, 5.74) is 8.05. The first-order valence-electron chi connectivity index (χ1n) is 8.96. The van der Waals surface area contributed by atoms with Crippen LogP contribution in [-0.2, 0) is 12.8 Å². The van der Waals surface area contributed by atoms with E-state index in [-0.39, 0.29) is 0 Å². The zero-order chi connectivity index (χ0) is 18.1. The Hall–Kier alpha value is -2.47. The van der Waals surface area contributed by atoms with Crippen LogP contribution >= 0.6 is 11.3 Å². The zero-order valence-electron chi connectivity index (χ0n) is 15.4. The van der Waals surface area contributed by atoms with Gasteiger partial charge in [0.1, 0.15) is 11.2 Å². The van der Waals surface area contributed by atoms with Crippen LogP contribution in [0, 0.1) is 6.92 Å². The zero-order valence-corrected chi connectivity index (χ0v) is 16.2. The van der Waals surface area contributed by atoms with Crippen molar-refractivity contribution in [1.82, 2.24) is 9.97 Å². The number of aromatic nitrogens is 2. The summed E-state index contributed by atoms with van der Waals surface area (Å²) >= 11 is 1.80. The summed E-state index contributed by atoms with van der Waals surface area (Å²) in [6.07, 6.45) is 8.29. The van der Waals surface area contributed by atoms with Crippen molar-refractivity contribution in [2.75, 3.05) is 24.4 Å². The molecule has 26 heavy (non-hydrogen) atoms. The molecular formula is C20H23N5S. The van der Waals surface area contributed by atoms with E-state index in [1.165, 1.54) is 34.5 Å². The third kappa shape index (κ3) is 3.17. The summed E-state index contributed by atoms with van der Waals surface area (Å²) in [4.78, 5) is 13.5. The van der Waals surface area contributed by atoms with Crippen molar-refractivity contribution in [1.29, 1.82) is 0 Å². The van der Waals surface area contributed by atoms with E-state index in [1.54, 1.807) is 17.7 Å². The summed E-state index contributed by atoms with van der Waals surface area (Å²) in [5.74, 6) is 0.813. The van der Waals surface area contributed by atoms with E-state index in [2.05, 4.69) is 50.5 Å². The second-order valence-corrected chi connectivity index (χ2v) is 8.00. The number of fused-ring (bicyclic) bond motifs is 3. The maximum Gasteiger partial charge on any atom is 0.158 e. The Kier molecular flexibility index (Phi) is 4.59. The Balaban J connectivity index is 1.60. The van der Waals surface area contributed by atoms with Gasteiger partial charge in [-0.1, -0.05) is 6.07 Å². The molecule has 0 bridgehead atoms. The van der Waals surface area contributed by atoms with Gasteiger partial charge in [-0.25, -0.2) is 9.97 Å². The highest BCUT2D eigenvalue weighted by atomic mass is 32.1. The van der Waals surface area contributed by atoms with E-state index in [4.69, 9.17) is 0 Å². The normalized spacial score (nSPS) is 14.0. The minimum absolute atomic E-state index is 0.813. The molecular weight excluding hydrogens is 342 g/mol. The van der Waals surface area contributed by atoms with Crippen molar-refractivity contribution in [2.24, 2.45) is 5.10 Å². The summed E-state index contributed by atoms with van der Waals surface area (Å²) in [7, 11) is 4.10. The fourth-order valence-corrected chi connectivity index (χ4v) is 4.65. The first-order valence-corrected chi connectivity index (χ1v) is 9.77. The van der Waals surface area contributed by atoms with Crippen molar-refractivity contribution in [2.45, 2.75) is 32.6 Å². The number of hydrogen-bond acceptors (Lipinski definition) is 6. The van der Waals surface area contributed by atoms with Gasteiger partial charge in [0.2, 0.25) is 0 Å². The average Bonchev–Trinajstić information content (AvgIpc) is 3.02. The topological polar surface area (TPSA) is 53.4 Å². The Morgan fingerprint density at radius 3 is 2.85 bits per heavy atom. The number of anilines is 2. The third-order valence-corrected chi connectivity index (χ3v) is 6.10. The molecule has 0 spiro atoms. The SMILES string of the molecule is Cc1cc(N(C)C)ccc1/C=N/Nc1ncnc2sc3c(c12)CCCC3. The first kappa shape index (κ1) is 17.0. The maximum atomic E-state index is 4.46. The maximum absolute atomic E-state index is 4.46. The van der Waals surface area contributed by atoms with Crippen molar-refractivity contribution < 1.29 is 0 Å². The molecule has 6 heteroatoms. The van der Waals surface area contributed by atoms with Crippen LogP contribution in [-0.4, -0.2) is 30.3 Å². The molecule has 2 heterocycles. The number of nitrogens with one attached hydrogen (secondary N) is 1.